The minimum atomic E-state index is -0.510. The van der Waals surface area contributed by atoms with Crippen molar-refractivity contribution in [2.45, 2.75) is 13.8 Å². The van der Waals surface area contributed by atoms with Gasteiger partial charge in [-0.25, -0.2) is 4.79 Å². The summed E-state index contributed by atoms with van der Waals surface area (Å²) in [5, 5.41) is -0.510. The van der Waals surface area contributed by atoms with Crippen LogP contribution in [0.3, 0.4) is 0 Å². The summed E-state index contributed by atoms with van der Waals surface area (Å²) in [4.78, 5) is 21.3. The molecule has 4 heteroatoms. The van der Waals surface area contributed by atoms with Crippen LogP contribution in [-0.2, 0) is 14.3 Å². The van der Waals surface area contributed by atoms with Crippen LogP contribution in [0.15, 0.2) is 12.2 Å². The summed E-state index contributed by atoms with van der Waals surface area (Å²) in [6.07, 6.45) is 0. The lowest BCUT2D eigenvalue weighted by Crippen LogP contribution is -2.16. The van der Waals surface area contributed by atoms with E-state index >= 15 is 0 Å². The highest BCUT2D eigenvalue weighted by molar-refractivity contribution is 6.63. The highest BCUT2D eigenvalue weighted by Gasteiger charge is 2.12. The minimum absolute atomic E-state index is 0.00796. The van der Waals surface area contributed by atoms with Gasteiger partial charge in [0, 0.05) is 5.57 Å². The SMILES string of the molecule is C=C(C)C(=O)OCC(C)C(=O)Cl. The minimum Gasteiger partial charge on any atom is -0.462 e. The first-order chi connectivity index (χ1) is 5.45. The number of ether oxygens (including phenoxy) is 1. The summed E-state index contributed by atoms with van der Waals surface area (Å²) in [5.74, 6) is -0.963. The van der Waals surface area contributed by atoms with E-state index in [1.165, 1.54) is 6.92 Å². The first-order valence-electron chi connectivity index (χ1n) is 3.47. The number of halogens is 1. The Morgan fingerprint density at radius 1 is 1.58 bits per heavy atom. The van der Waals surface area contributed by atoms with Gasteiger partial charge in [-0.3, -0.25) is 4.79 Å². The Hall–Kier alpha value is -0.830. The van der Waals surface area contributed by atoms with Gasteiger partial charge in [-0.15, -0.1) is 0 Å². The lowest BCUT2D eigenvalue weighted by molar-refractivity contribution is -0.140. The van der Waals surface area contributed by atoms with Crippen LogP contribution in [0, 0.1) is 5.92 Å². The van der Waals surface area contributed by atoms with Crippen LogP contribution in [0.1, 0.15) is 13.8 Å². The Bertz CT molecular complexity index is 210. The fraction of sp³-hybridized carbons (Fsp3) is 0.500. The van der Waals surface area contributed by atoms with Gasteiger partial charge in [-0.1, -0.05) is 13.5 Å². The average Bonchev–Trinajstić information content (AvgIpc) is 1.98. The molecule has 0 aliphatic rings. The van der Waals surface area contributed by atoms with Crippen molar-refractivity contribution in [2.75, 3.05) is 6.61 Å². The topological polar surface area (TPSA) is 43.4 Å². The molecule has 0 spiro atoms. The maximum Gasteiger partial charge on any atom is 0.333 e. The molecule has 0 saturated heterocycles. The number of hydrogen-bond donors (Lipinski definition) is 0. The van der Waals surface area contributed by atoms with E-state index in [4.69, 9.17) is 11.6 Å². The molecule has 0 rings (SSSR count). The van der Waals surface area contributed by atoms with E-state index in [1.54, 1.807) is 6.92 Å². The maximum absolute atomic E-state index is 10.8. The molecule has 0 fully saturated rings. The van der Waals surface area contributed by atoms with Crippen molar-refractivity contribution in [1.29, 1.82) is 0 Å². The smallest absolute Gasteiger partial charge is 0.333 e. The molecule has 0 amide bonds. The van der Waals surface area contributed by atoms with E-state index < -0.39 is 17.1 Å². The van der Waals surface area contributed by atoms with Crippen LogP contribution in [0.2, 0.25) is 0 Å². The van der Waals surface area contributed by atoms with E-state index in [0.717, 1.165) is 0 Å². The van der Waals surface area contributed by atoms with E-state index in [9.17, 15) is 9.59 Å². The van der Waals surface area contributed by atoms with Crippen molar-refractivity contribution in [3.63, 3.8) is 0 Å². The first-order valence-corrected chi connectivity index (χ1v) is 3.85. The Morgan fingerprint density at radius 2 is 2.08 bits per heavy atom. The molecule has 0 bridgehead atoms. The van der Waals surface area contributed by atoms with Crippen molar-refractivity contribution >= 4 is 22.8 Å². The molecule has 12 heavy (non-hydrogen) atoms. The Kier molecular flexibility index (Phi) is 4.59. The molecule has 0 saturated carbocycles. The molecular weight excluding hydrogens is 180 g/mol. The molecule has 0 aromatic heterocycles. The summed E-state index contributed by atoms with van der Waals surface area (Å²) in [5.41, 5.74) is 0.309. The van der Waals surface area contributed by atoms with Crippen molar-refractivity contribution in [2.24, 2.45) is 5.92 Å². The number of carbonyl (C=O) groups is 2. The number of hydrogen-bond acceptors (Lipinski definition) is 3. The van der Waals surface area contributed by atoms with Crippen molar-refractivity contribution in [1.82, 2.24) is 0 Å². The third kappa shape index (κ3) is 4.13. The fourth-order valence-electron chi connectivity index (χ4n) is 0.389. The van der Waals surface area contributed by atoms with Crippen LogP contribution in [0.4, 0.5) is 0 Å². The number of carbonyl (C=O) groups excluding carboxylic acids is 2. The lowest BCUT2D eigenvalue weighted by Gasteiger charge is -2.06. The van der Waals surface area contributed by atoms with Crippen molar-refractivity contribution in [3.8, 4) is 0 Å². The van der Waals surface area contributed by atoms with Crippen molar-refractivity contribution < 1.29 is 14.3 Å². The van der Waals surface area contributed by atoms with Gasteiger partial charge in [0.05, 0.1) is 5.92 Å². The molecule has 0 aliphatic carbocycles. The molecule has 1 atom stereocenters. The number of esters is 1. The van der Waals surface area contributed by atoms with Crippen LogP contribution in [0.5, 0.6) is 0 Å². The van der Waals surface area contributed by atoms with Gasteiger partial charge in [-0.2, -0.15) is 0 Å². The normalized spacial score (nSPS) is 11.9. The largest absolute Gasteiger partial charge is 0.462 e. The molecule has 68 valence electrons. The number of rotatable bonds is 4. The summed E-state index contributed by atoms with van der Waals surface area (Å²) < 4.78 is 4.68. The second-order valence-corrected chi connectivity index (χ2v) is 2.96. The zero-order valence-corrected chi connectivity index (χ0v) is 7.85. The monoisotopic (exact) mass is 190 g/mol. The molecule has 3 nitrogen and oxygen atoms in total. The molecule has 0 aliphatic heterocycles. The van der Waals surface area contributed by atoms with E-state index in [0.29, 0.717) is 5.57 Å². The van der Waals surface area contributed by atoms with Crippen LogP contribution in [0.25, 0.3) is 0 Å². The van der Waals surface area contributed by atoms with Crippen LogP contribution >= 0.6 is 11.6 Å². The Morgan fingerprint density at radius 3 is 2.42 bits per heavy atom. The van der Waals surface area contributed by atoms with Gasteiger partial charge in [0.1, 0.15) is 6.61 Å². The zero-order valence-electron chi connectivity index (χ0n) is 7.09. The third-order valence-corrected chi connectivity index (χ3v) is 1.57. The maximum atomic E-state index is 10.8. The van der Waals surface area contributed by atoms with Gasteiger partial charge in [0.15, 0.2) is 0 Å². The average molecular weight is 191 g/mol. The summed E-state index contributed by atoms with van der Waals surface area (Å²) in [7, 11) is 0. The molecule has 0 aromatic rings. The molecule has 0 aromatic carbocycles. The third-order valence-electron chi connectivity index (χ3n) is 1.20. The van der Waals surface area contributed by atoms with Gasteiger partial charge < -0.3 is 4.74 Å². The van der Waals surface area contributed by atoms with Gasteiger partial charge in [0.25, 0.3) is 0 Å². The summed E-state index contributed by atoms with van der Waals surface area (Å²) >= 11 is 5.14. The van der Waals surface area contributed by atoms with Gasteiger partial charge in [-0.05, 0) is 18.5 Å². The van der Waals surface area contributed by atoms with E-state index in [2.05, 4.69) is 11.3 Å². The molecule has 0 heterocycles. The molecular formula is C8H11ClO3. The first kappa shape index (κ1) is 11.2. The van der Waals surface area contributed by atoms with Crippen molar-refractivity contribution in [3.05, 3.63) is 12.2 Å². The quantitative estimate of drug-likeness (QED) is 0.384. The summed E-state index contributed by atoms with van der Waals surface area (Å²) in [6.45, 7) is 6.51. The van der Waals surface area contributed by atoms with Crippen LogP contribution < -0.4 is 0 Å². The predicted octanol–water partition coefficient (Wildman–Crippen LogP) is 1.51. The lowest BCUT2D eigenvalue weighted by atomic mass is 10.2. The predicted molar refractivity (Wildman–Crippen MR) is 45.8 cm³/mol. The second-order valence-electron chi connectivity index (χ2n) is 2.58. The van der Waals surface area contributed by atoms with Gasteiger partial charge >= 0.3 is 5.97 Å². The fourth-order valence-corrected chi connectivity index (χ4v) is 0.452. The molecule has 0 N–H and O–H groups in total. The zero-order chi connectivity index (χ0) is 9.72. The molecule has 1 unspecified atom stereocenters. The Balaban J connectivity index is 3.76. The van der Waals surface area contributed by atoms with Crippen LogP contribution in [-0.4, -0.2) is 17.8 Å². The summed E-state index contributed by atoms with van der Waals surface area (Å²) in [6, 6.07) is 0. The van der Waals surface area contributed by atoms with E-state index in [-0.39, 0.29) is 6.61 Å². The van der Waals surface area contributed by atoms with Gasteiger partial charge in [0.2, 0.25) is 5.24 Å². The highest BCUT2D eigenvalue weighted by Crippen LogP contribution is 2.02. The van der Waals surface area contributed by atoms with E-state index in [1.807, 2.05) is 0 Å². The standard InChI is InChI=1S/C8H11ClO3/c1-5(2)8(11)12-4-6(3)7(9)10/h6H,1,4H2,2-3H3. The molecule has 0 radical (unpaired) electrons. The highest BCUT2D eigenvalue weighted by atomic mass is 35.5. The second kappa shape index (κ2) is 4.93. The Labute approximate surface area is 76.3 Å².